The van der Waals surface area contributed by atoms with Crippen LogP contribution in [0.3, 0.4) is 0 Å². The Morgan fingerprint density at radius 1 is 0.853 bits per heavy atom. The molecule has 0 aromatic heterocycles. The molecule has 1 atom stereocenters. The number of hydrazine groups is 1. The number of amides is 2. The molecule has 0 bridgehead atoms. The second-order valence-electron chi connectivity index (χ2n) is 7.60. The highest BCUT2D eigenvalue weighted by molar-refractivity contribution is 7.80. The standard InChI is InChI=1S/C27H23N3O3S/c1-18(33-23-15-13-19-7-2-3-9-22(19)17-23)26(32)29-30-27(34)28-25(31)16-14-21-11-6-10-20-8-4-5-12-24(20)21/h2-18H,1H3,(H,29,32)(H2,28,30,31,34)/b16-14+. The summed E-state index contributed by atoms with van der Waals surface area (Å²) in [6.45, 7) is 1.63. The Bertz CT molecular complexity index is 1400. The number of rotatable bonds is 5. The number of nitrogens with one attached hydrogen (secondary N) is 3. The molecule has 6 nitrogen and oxygen atoms in total. The van der Waals surface area contributed by atoms with Crippen LogP contribution in [0.2, 0.25) is 0 Å². The van der Waals surface area contributed by atoms with E-state index in [4.69, 9.17) is 17.0 Å². The zero-order chi connectivity index (χ0) is 23.9. The number of hydrogen-bond donors (Lipinski definition) is 3. The normalized spacial score (nSPS) is 11.8. The molecule has 0 aliphatic heterocycles. The number of thiocarbonyl (C=S) groups is 1. The fraction of sp³-hybridized carbons (Fsp3) is 0.0741. The van der Waals surface area contributed by atoms with Gasteiger partial charge in [0, 0.05) is 6.08 Å². The van der Waals surface area contributed by atoms with Crippen molar-refractivity contribution in [3.8, 4) is 5.75 Å². The molecular weight excluding hydrogens is 446 g/mol. The second kappa shape index (κ2) is 10.6. The lowest BCUT2D eigenvalue weighted by molar-refractivity contribution is -0.128. The summed E-state index contributed by atoms with van der Waals surface area (Å²) >= 11 is 5.09. The molecule has 4 aromatic carbocycles. The predicted molar refractivity (Wildman–Crippen MR) is 139 cm³/mol. The molecule has 2 amide bonds. The summed E-state index contributed by atoms with van der Waals surface area (Å²) in [6.07, 6.45) is 2.33. The highest BCUT2D eigenvalue weighted by atomic mass is 32.1. The van der Waals surface area contributed by atoms with Crippen LogP contribution in [0.15, 0.2) is 91.0 Å². The molecule has 7 heteroatoms. The second-order valence-corrected chi connectivity index (χ2v) is 8.01. The zero-order valence-electron chi connectivity index (χ0n) is 18.4. The van der Waals surface area contributed by atoms with Crippen LogP contribution in [0.1, 0.15) is 12.5 Å². The van der Waals surface area contributed by atoms with Gasteiger partial charge in [0.15, 0.2) is 11.2 Å². The third kappa shape index (κ3) is 5.76. The van der Waals surface area contributed by atoms with E-state index in [9.17, 15) is 9.59 Å². The Labute approximate surface area is 202 Å². The zero-order valence-corrected chi connectivity index (χ0v) is 19.3. The van der Waals surface area contributed by atoms with Crippen molar-refractivity contribution in [3.05, 3.63) is 96.6 Å². The minimum absolute atomic E-state index is 0.0289. The minimum atomic E-state index is -0.779. The smallest absolute Gasteiger partial charge is 0.279 e. The Morgan fingerprint density at radius 3 is 2.38 bits per heavy atom. The number of hydrogen-bond acceptors (Lipinski definition) is 4. The molecule has 0 saturated heterocycles. The molecule has 4 aromatic rings. The van der Waals surface area contributed by atoms with Gasteiger partial charge in [0.05, 0.1) is 0 Å². The van der Waals surface area contributed by atoms with Crippen LogP contribution in [0.4, 0.5) is 0 Å². The van der Waals surface area contributed by atoms with Crippen LogP contribution in [0.5, 0.6) is 5.75 Å². The quantitative estimate of drug-likeness (QED) is 0.228. The van der Waals surface area contributed by atoms with Gasteiger partial charge in [-0.05, 0) is 64.5 Å². The first kappa shape index (κ1) is 22.9. The van der Waals surface area contributed by atoms with E-state index in [-0.39, 0.29) is 5.11 Å². The average molecular weight is 470 g/mol. The third-order valence-electron chi connectivity index (χ3n) is 5.18. The summed E-state index contributed by atoms with van der Waals surface area (Å²) in [4.78, 5) is 24.6. The Morgan fingerprint density at radius 2 is 1.56 bits per heavy atom. The van der Waals surface area contributed by atoms with E-state index in [2.05, 4.69) is 16.2 Å². The van der Waals surface area contributed by atoms with E-state index in [1.165, 1.54) is 6.08 Å². The number of ether oxygens (including phenoxy) is 1. The molecule has 4 rings (SSSR count). The maximum Gasteiger partial charge on any atom is 0.279 e. The summed E-state index contributed by atoms with van der Waals surface area (Å²) in [6, 6.07) is 27.3. The molecule has 0 heterocycles. The largest absolute Gasteiger partial charge is 0.481 e. The maximum absolute atomic E-state index is 12.4. The van der Waals surface area contributed by atoms with Crippen LogP contribution in [0.25, 0.3) is 27.6 Å². The molecule has 0 spiro atoms. The lowest BCUT2D eigenvalue weighted by atomic mass is 10.0. The SMILES string of the molecule is CC(Oc1ccc2ccccc2c1)C(=O)NNC(=S)NC(=O)/C=C/c1cccc2ccccc12. The van der Waals surface area contributed by atoms with Crippen molar-refractivity contribution in [2.75, 3.05) is 0 Å². The van der Waals surface area contributed by atoms with Crippen molar-refractivity contribution in [3.63, 3.8) is 0 Å². The summed E-state index contributed by atoms with van der Waals surface area (Å²) < 4.78 is 5.73. The monoisotopic (exact) mass is 469 g/mol. The fourth-order valence-electron chi connectivity index (χ4n) is 3.46. The van der Waals surface area contributed by atoms with Crippen molar-refractivity contribution in [1.29, 1.82) is 0 Å². The van der Waals surface area contributed by atoms with E-state index in [0.717, 1.165) is 27.1 Å². The van der Waals surface area contributed by atoms with Crippen LogP contribution in [-0.2, 0) is 9.59 Å². The Balaban J connectivity index is 1.26. The fourth-order valence-corrected chi connectivity index (χ4v) is 3.62. The molecule has 0 saturated carbocycles. The van der Waals surface area contributed by atoms with E-state index in [1.54, 1.807) is 13.0 Å². The van der Waals surface area contributed by atoms with Gasteiger partial charge < -0.3 is 4.74 Å². The highest BCUT2D eigenvalue weighted by Gasteiger charge is 2.15. The van der Waals surface area contributed by atoms with Crippen LogP contribution in [0, 0.1) is 0 Å². The minimum Gasteiger partial charge on any atom is -0.481 e. The van der Waals surface area contributed by atoms with Crippen LogP contribution in [-0.4, -0.2) is 23.0 Å². The summed E-state index contributed by atoms with van der Waals surface area (Å²) in [5.74, 6) is -0.271. The first-order chi connectivity index (χ1) is 16.5. The number of fused-ring (bicyclic) bond motifs is 2. The van der Waals surface area contributed by atoms with Crippen molar-refractivity contribution >= 4 is 56.8 Å². The number of carbonyl (C=O) groups excluding carboxylic acids is 2. The van der Waals surface area contributed by atoms with E-state index < -0.39 is 17.9 Å². The number of benzene rings is 4. The van der Waals surface area contributed by atoms with Gasteiger partial charge in [0.2, 0.25) is 5.91 Å². The van der Waals surface area contributed by atoms with Crippen LogP contribution >= 0.6 is 12.2 Å². The maximum atomic E-state index is 12.4. The van der Waals surface area contributed by atoms with Gasteiger partial charge in [0.25, 0.3) is 5.91 Å². The first-order valence-electron chi connectivity index (χ1n) is 10.7. The predicted octanol–water partition coefficient (Wildman–Crippen LogP) is 4.50. The molecule has 0 aliphatic rings. The molecule has 1 unspecified atom stereocenters. The third-order valence-corrected chi connectivity index (χ3v) is 5.38. The van der Waals surface area contributed by atoms with Gasteiger partial charge in [-0.3, -0.25) is 25.8 Å². The van der Waals surface area contributed by atoms with Gasteiger partial charge >= 0.3 is 0 Å². The van der Waals surface area contributed by atoms with Crippen molar-refractivity contribution in [1.82, 2.24) is 16.2 Å². The molecule has 0 fully saturated rings. The van der Waals surface area contributed by atoms with Crippen LogP contribution < -0.4 is 20.9 Å². The van der Waals surface area contributed by atoms with E-state index in [1.807, 2.05) is 84.9 Å². The van der Waals surface area contributed by atoms with Gasteiger partial charge in [-0.1, -0.05) is 72.8 Å². The molecule has 0 aliphatic carbocycles. The van der Waals surface area contributed by atoms with Gasteiger partial charge in [-0.2, -0.15) is 0 Å². The van der Waals surface area contributed by atoms with Gasteiger partial charge in [0.1, 0.15) is 5.75 Å². The lowest BCUT2D eigenvalue weighted by Gasteiger charge is -2.16. The van der Waals surface area contributed by atoms with Gasteiger partial charge in [-0.25, -0.2) is 0 Å². The highest BCUT2D eigenvalue weighted by Crippen LogP contribution is 2.21. The number of carbonyl (C=O) groups is 2. The van der Waals surface area contributed by atoms with Crippen molar-refractivity contribution in [2.45, 2.75) is 13.0 Å². The van der Waals surface area contributed by atoms with E-state index in [0.29, 0.717) is 5.75 Å². The first-order valence-corrected chi connectivity index (χ1v) is 11.1. The topological polar surface area (TPSA) is 79.5 Å². The Hall–Kier alpha value is -4.23. The molecule has 170 valence electrons. The molecular formula is C27H23N3O3S. The van der Waals surface area contributed by atoms with E-state index >= 15 is 0 Å². The molecule has 0 radical (unpaired) electrons. The summed E-state index contributed by atoms with van der Waals surface area (Å²) in [5, 5.41) is 6.71. The van der Waals surface area contributed by atoms with Gasteiger partial charge in [-0.15, -0.1) is 0 Å². The Kier molecular flexibility index (Phi) is 7.15. The van der Waals surface area contributed by atoms with Crippen molar-refractivity contribution < 1.29 is 14.3 Å². The molecule has 34 heavy (non-hydrogen) atoms. The lowest BCUT2D eigenvalue weighted by Crippen LogP contribution is -2.51. The summed E-state index contributed by atoms with van der Waals surface area (Å²) in [7, 11) is 0. The average Bonchev–Trinajstić information content (AvgIpc) is 2.85. The van der Waals surface area contributed by atoms with Crippen molar-refractivity contribution in [2.24, 2.45) is 0 Å². The summed E-state index contributed by atoms with van der Waals surface area (Å²) in [5.41, 5.74) is 5.89. The molecule has 3 N–H and O–H groups in total.